The molecule has 0 bridgehead atoms. The lowest BCUT2D eigenvalue weighted by molar-refractivity contribution is -0.121. The second kappa shape index (κ2) is 8.48. The fraction of sp³-hybridized carbons (Fsp3) is 0.600. The maximum atomic E-state index is 12.5. The summed E-state index contributed by atoms with van der Waals surface area (Å²) in [5, 5.41) is 12.0. The zero-order valence-electron chi connectivity index (χ0n) is 15.1. The molecule has 3 rings (SSSR count). The minimum atomic E-state index is 0.0185. The summed E-state index contributed by atoms with van der Waals surface area (Å²) in [6, 6.07) is 8.09. The van der Waals surface area contributed by atoms with Crippen LogP contribution in [0.15, 0.2) is 24.3 Å². The van der Waals surface area contributed by atoms with Gasteiger partial charge in [-0.2, -0.15) is 0 Å². The van der Waals surface area contributed by atoms with Gasteiger partial charge in [-0.3, -0.25) is 4.79 Å². The van der Waals surface area contributed by atoms with E-state index in [4.69, 9.17) is 10.1 Å². The number of amides is 1. The molecule has 5 nitrogen and oxygen atoms in total. The molecule has 1 aromatic carbocycles. The molecule has 136 valence electrons. The van der Waals surface area contributed by atoms with E-state index in [2.05, 4.69) is 16.0 Å². The summed E-state index contributed by atoms with van der Waals surface area (Å²) in [7, 11) is 0. The van der Waals surface area contributed by atoms with Crippen LogP contribution < -0.4 is 5.32 Å². The first-order valence-corrected chi connectivity index (χ1v) is 9.51. The van der Waals surface area contributed by atoms with Gasteiger partial charge in [0.25, 0.3) is 0 Å². The molecule has 1 amide bonds. The minimum absolute atomic E-state index is 0.0185. The molecule has 1 aliphatic carbocycles. The number of nitrogens with one attached hydrogen (secondary N) is 1. The number of fused-ring (bicyclic) bond motifs is 1. The van der Waals surface area contributed by atoms with Crippen LogP contribution >= 0.6 is 0 Å². The topological polar surface area (TPSA) is 67.2 Å². The number of aliphatic hydroxyl groups is 1. The van der Waals surface area contributed by atoms with E-state index in [9.17, 15) is 4.79 Å². The zero-order valence-corrected chi connectivity index (χ0v) is 15.1. The molecule has 0 saturated heterocycles. The lowest BCUT2D eigenvalue weighted by Crippen LogP contribution is -2.32. The van der Waals surface area contributed by atoms with E-state index in [-0.39, 0.29) is 18.4 Å². The number of hydrogen-bond acceptors (Lipinski definition) is 3. The second-order valence-electron chi connectivity index (χ2n) is 7.30. The predicted molar refractivity (Wildman–Crippen MR) is 99.4 cm³/mol. The van der Waals surface area contributed by atoms with Crippen molar-refractivity contribution in [3.63, 3.8) is 0 Å². The third kappa shape index (κ3) is 4.40. The molecule has 1 aromatic heterocycles. The molecule has 0 spiro atoms. The third-order valence-electron chi connectivity index (χ3n) is 5.23. The summed E-state index contributed by atoms with van der Waals surface area (Å²) in [5.74, 6) is 1.83. The number of carbonyl (C=O) groups excluding carboxylic acids is 1. The minimum Gasteiger partial charge on any atom is -0.396 e. The Hall–Kier alpha value is -1.88. The van der Waals surface area contributed by atoms with Crippen LogP contribution in [0, 0.1) is 5.92 Å². The molecule has 1 heterocycles. The maximum absolute atomic E-state index is 12.5. The number of nitrogens with zero attached hydrogens (tertiary/aromatic N) is 2. The summed E-state index contributed by atoms with van der Waals surface area (Å²) in [4.78, 5) is 17.3. The van der Waals surface area contributed by atoms with E-state index >= 15 is 0 Å². The molecule has 2 N–H and O–H groups in total. The first-order valence-electron chi connectivity index (χ1n) is 9.51. The number of imidazole rings is 1. The molecule has 0 radical (unpaired) electrons. The van der Waals surface area contributed by atoms with Gasteiger partial charge in [-0.05, 0) is 37.3 Å². The fourth-order valence-electron chi connectivity index (χ4n) is 3.74. The second-order valence-corrected chi connectivity index (χ2v) is 7.30. The molecule has 1 fully saturated rings. The number of benzene rings is 1. The molecule has 5 heteroatoms. The average molecular weight is 343 g/mol. The van der Waals surface area contributed by atoms with E-state index in [0.717, 1.165) is 16.9 Å². The molecule has 1 atom stereocenters. The van der Waals surface area contributed by atoms with Gasteiger partial charge in [-0.15, -0.1) is 0 Å². The lowest BCUT2D eigenvalue weighted by atomic mass is 9.88. The molecule has 1 saturated carbocycles. The SMILES string of the molecule is CC(CCO)CNC(=O)Cn1c(C2CCCCC2)nc2ccccc21. The van der Waals surface area contributed by atoms with E-state index in [1.54, 1.807) is 0 Å². The van der Waals surface area contributed by atoms with Crippen molar-refractivity contribution < 1.29 is 9.90 Å². The smallest absolute Gasteiger partial charge is 0.240 e. The monoisotopic (exact) mass is 343 g/mol. The van der Waals surface area contributed by atoms with Crippen molar-refractivity contribution in [2.24, 2.45) is 5.92 Å². The highest BCUT2D eigenvalue weighted by Gasteiger charge is 2.23. The average Bonchev–Trinajstić information content (AvgIpc) is 3.00. The molecule has 2 aromatic rings. The molecule has 0 aliphatic heterocycles. The number of carbonyl (C=O) groups is 1. The van der Waals surface area contributed by atoms with E-state index in [0.29, 0.717) is 25.4 Å². The Morgan fingerprint density at radius 1 is 1.32 bits per heavy atom. The maximum Gasteiger partial charge on any atom is 0.240 e. The van der Waals surface area contributed by atoms with Crippen molar-refractivity contribution in [2.45, 2.75) is 57.9 Å². The standard InChI is InChI=1S/C20H29N3O2/c1-15(11-12-24)13-21-19(25)14-23-18-10-6-5-9-17(18)22-20(23)16-7-3-2-4-8-16/h5-6,9-10,15-16,24H,2-4,7-8,11-14H2,1H3,(H,21,25). The van der Waals surface area contributed by atoms with Gasteiger partial charge in [-0.25, -0.2) is 4.98 Å². The van der Waals surface area contributed by atoms with Crippen LogP contribution in [0.25, 0.3) is 11.0 Å². The lowest BCUT2D eigenvalue weighted by Gasteiger charge is -2.22. The van der Waals surface area contributed by atoms with Crippen molar-refractivity contribution >= 4 is 16.9 Å². The van der Waals surface area contributed by atoms with Gasteiger partial charge in [-0.1, -0.05) is 38.3 Å². The van der Waals surface area contributed by atoms with Crippen molar-refractivity contribution in [1.29, 1.82) is 0 Å². The van der Waals surface area contributed by atoms with Gasteiger partial charge in [0.15, 0.2) is 0 Å². The Morgan fingerprint density at radius 2 is 2.08 bits per heavy atom. The number of aromatic nitrogens is 2. The number of para-hydroxylation sites is 2. The molecule has 1 aliphatic rings. The Kier molecular flexibility index (Phi) is 6.08. The van der Waals surface area contributed by atoms with Crippen LogP contribution in [0.4, 0.5) is 0 Å². The van der Waals surface area contributed by atoms with Crippen molar-refractivity contribution in [3.05, 3.63) is 30.1 Å². The Labute approximate surface area is 149 Å². The highest BCUT2D eigenvalue weighted by molar-refractivity contribution is 5.81. The number of hydrogen-bond donors (Lipinski definition) is 2. The third-order valence-corrected chi connectivity index (χ3v) is 5.23. The van der Waals surface area contributed by atoms with Crippen LogP contribution in [-0.4, -0.2) is 33.7 Å². The van der Waals surface area contributed by atoms with E-state index < -0.39 is 0 Å². The van der Waals surface area contributed by atoms with Crippen LogP contribution in [0.1, 0.15) is 57.2 Å². The van der Waals surface area contributed by atoms with Gasteiger partial charge < -0.3 is 15.0 Å². The largest absolute Gasteiger partial charge is 0.396 e. The van der Waals surface area contributed by atoms with Crippen molar-refractivity contribution in [1.82, 2.24) is 14.9 Å². The van der Waals surface area contributed by atoms with E-state index in [1.807, 2.05) is 25.1 Å². The molecule has 25 heavy (non-hydrogen) atoms. The van der Waals surface area contributed by atoms with Crippen molar-refractivity contribution in [2.75, 3.05) is 13.2 Å². The fourth-order valence-corrected chi connectivity index (χ4v) is 3.74. The van der Waals surface area contributed by atoms with Gasteiger partial charge in [0.2, 0.25) is 5.91 Å². The first kappa shape index (κ1) is 17.9. The quantitative estimate of drug-likeness (QED) is 0.811. The van der Waals surface area contributed by atoms with Crippen LogP contribution in [0.5, 0.6) is 0 Å². The number of rotatable bonds is 7. The first-order chi connectivity index (χ1) is 12.2. The zero-order chi connectivity index (χ0) is 17.6. The van der Waals surface area contributed by atoms with Gasteiger partial charge in [0.1, 0.15) is 12.4 Å². The highest BCUT2D eigenvalue weighted by atomic mass is 16.3. The molecular formula is C20H29N3O2. The van der Waals surface area contributed by atoms with Gasteiger partial charge >= 0.3 is 0 Å². The summed E-state index contributed by atoms with van der Waals surface area (Å²) >= 11 is 0. The predicted octanol–water partition coefficient (Wildman–Crippen LogP) is 3.22. The summed E-state index contributed by atoms with van der Waals surface area (Å²) < 4.78 is 2.11. The van der Waals surface area contributed by atoms with Gasteiger partial charge in [0, 0.05) is 19.1 Å². The summed E-state index contributed by atoms with van der Waals surface area (Å²) in [6.07, 6.45) is 6.84. The summed E-state index contributed by atoms with van der Waals surface area (Å²) in [5.41, 5.74) is 2.02. The van der Waals surface area contributed by atoms with Gasteiger partial charge in [0.05, 0.1) is 11.0 Å². The Bertz CT molecular complexity index is 704. The van der Waals surface area contributed by atoms with Crippen LogP contribution in [0.2, 0.25) is 0 Å². The van der Waals surface area contributed by atoms with Crippen LogP contribution in [-0.2, 0) is 11.3 Å². The number of aliphatic hydroxyl groups excluding tert-OH is 1. The van der Waals surface area contributed by atoms with Crippen molar-refractivity contribution in [3.8, 4) is 0 Å². The Balaban J connectivity index is 1.77. The van der Waals surface area contributed by atoms with E-state index in [1.165, 1.54) is 32.1 Å². The Morgan fingerprint density at radius 3 is 2.84 bits per heavy atom. The molecular weight excluding hydrogens is 314 g/mol. The normalized spacial score (nSPS) is 16.9. The van der Waals surface area contributed by atoms with Crippen LogP contribution in [0.3, 0.4) is 0 Å². The summed E-state index contributed by atoms with van der Waals surface area (Å²) in [6.45, 7) is 3.12. The molecule has 1 unspecified atom stereocenters. The highest BCUT2D eigenvalue weighted by Crippen LogP contribution is 2.33.